The van der Waals surface area contributed by atoms with Crippen LogP contribution in [-0.4, -0.2) is 31.7 Å². The standard InChI is InChI=1S/C16H27N3O2/c1-4-18-16(20)14-8-7-13(17)11-15(14)19-9-5-6-10-21-12(2)3/h7-8,11-12,19H,4-6,9-10,17H2,1-3H3,(H,18,20). The van der Waals surface area contributed by atoms with Crippen LogP contribution in [0.15, 0.2) is 18.2 Å². The van der Waals surface area contributed by atoms with Crippen LogP contribution in [0.2, 0.25) is 0 Å². The van der Waals surface area contributed by atoms with E-state index in [9.17, 15) is 4.79 Å². The molecule has 0 saturated carbocycles. The van der Waals surface area contributed by atoms with E-state index in [1.54, 1.807) is 18.2 Å². The second-order valence-electron chi connectivity index (χ2n) is 5.22. The predicted molar refractivity (Wildman–Crippen MR) is 87.7 cm³/mol. The van der Waals surface area contributed by atoms with Gasteiger partial charge in [-0.25, -0.2) is 0 Å². The number of carbonyl (C=O) groups excluding carboxylic acids is 1. The molecule has 0 heterocycles. The molecule has 1 aromatic carbocycles. The molecule has 0 aromatic heterocycles. The minimum atomic E-state index is -0.0804. The summed E-state index contributed by atoms with van der Waals surface area (Å²) < 4.78 is 5.50. The lowest BCUT2D eigenvalue weighted by Gasteiger charge is -2.13. The Morgan fingerprint density at radius 2 is 2.10 bits per heavy atom. The number of nitrogens with one attached hydrogen (secondary N) is 2. The Balaban J connectivity index is 2.49. The van der Waals surface area contributed by atoms with Crippen LogP contribution in [0.5, 0.6) is 0 Å². The summed E-state index contributed by atoms with van der Waals surface area (Å²) in [6, 6.07) is 5.30. The third-order valence-corrected chi connectivity index (χ3v) is 2.96. The van der Waals surface area contributed by atoms with Gasteiger partial charge in [-0.3, -0.25) is 4.79 Å². The quantitative estimate of drug-likeness (QED) is 0.483. The minimum absolute atomic E-state index is 0.0804. The number of hydrogen-bond donors (Lipinski definition) is 3. The second kappa shape index (κ2) is 9.23. The van der Waals surface area contributed by atoms with Crippen LogP contribution in [0.4, 0.5) is 11.4 Å². The molecule has 0 aliphatic carbocycles. The van der Waals surface area contributed by atoms with Gasteiger partial charge >= 0.3 is 0 Å². The van der Waals surface area contributed by atoms with Crippen molar-refractivity contribution in [1.29, 1.82) is 0 Å². The largest absolute Gasteiger partial charge is 0.399 e. The first-order valence-electron chi connectivity index (χ1n) is 7.57. The van der Waals surface area contributed by atoms with Crippen LogP contribution < -0.4 is 16.4 Å². The summed E-state index contributed by atoms with van der Waals surface area (Å²) in [5.74, 6) is -0.0804. The molecule has 0 saturated heterocycles. The molecule has 5 nitrogen and oxygen atoms in total. The van der Waals surface area contributed by atoms with E-state index >= 15 is 0 Å². The summed E-state index contributed by atoms with van der Waals surface area (Å²) in [4.78, 5) is 12.0. The fourth-order valence-electron chi connectivity index (χ4n) is 1.93. The molecule has 0 fully saturated rings. The van der Waals surface area contributed by atoms with Crippen molar-refractivity contribution in [3.05, 3.63) is 23.8 Å². The molecule has 1 rings (SSSR count). The number of nitrogen functional groups attached to an aromatic ring is 1. The van der Waals surface area contributed by atoms with Crippen molar-refractivity contribution in [2.24, 2.45) is 0 Å². The third-order valence-electron chi connectivity index (χ3n) is 2.96. The molecular weight excluding hydrogens is 266 g/mol. The Bertz CT molecular complexity index is 447. The Labute approximate surface area is 127 Å². The molecule has 4 N–H and O–H groups in total. The summed E-state index contributed by atoms with van der Waals surface area (Å²) in [6.45, 7) is 8.12. The zero-order chi connectivity index (χ0) is 15.7. The fourth-order valence-corrected chi connectivity index (χ4v) is 1.93. The highest BCUT2D eigenvalue weighted by atomic mass is 16.5. The summed E-state index contributed by atoms with van der Waals surface area (Å²) in [5.41, 5.74) is 7.85. The van der Waals surface area contributed by atoms with Crippen LogP contribution in [-0.2, 0) is 4.74 Å². The second-order valence-corrected chi connectivity index (χ2v) is 5.22. The van der Waals surface area contributed by atoms with E-state index in [2.05, 4.69) is 10.6 Å². The van der Waals surface area contributed by atoms with Gasteiger partial charge in [0, 0.05) is 31.1 Å². The van der Waals surface area contributed by atoms with Crippen molar-refractivity contribution in [2.75, 3.05) is 30.7 Å². The molecule has 1 amide bonds. The van der Waals surface area contributed by atoms with Gasteiger partial charge in [0.2, 0.25) is 0 Å². The van der Waals surface area contributed by atoms with Crippen molar-refractivity contribution in [2.45, 2.75) is 39.7 Å². The lowest BCUT2D eigenvalue weighted by molar-refractivity contribution is 0.0765. The van der Waals surface area contributed by atoms with Gasteiger partial charge in [-0.15, -0.1) is 0 Å². The molecule has 0 atom stereocenters. The lowest BCUT2D eigenvalue weighted by Crippen LogP contribution is -2.24. The van der Waals surface area contributed by atoms with Crippen molar-refractivity contribution >= 4 is 17.3 Å². The van der Waals surface area contributed by atoms with Crippen molar-refractivity contribution in [3.8, 4) is 0 Å². The zero-order valence-corrected chi connectivity index (χ0v) is 13.2. The Morgan fingerprint density at radius 3 is 2.76 bits per heavy atom. The van der Waals surface area contributed by atoms with E-state index in [1.807, 2.05) is 20.8 Å². The molecule has 0 aliphatic heterocycles. The van der Waals surface area contributed by atoms with Gasteiger partial charge in [-0.05, 0) is 51.8 Å². The smallest absolute Gasteiger partial charge is 0.253 e. The minimum Gasteiger partial charge on any atom is -0.399 e. The van der Waals surface area contributed by atoms with E-state index in [1.165, 1.54) is 0 Å². The number of ether oxygens (including phenoxy) is 1. The van der Waals surface area contributed by atoms with E-state index < -0.39 is 0 Å². The van der Waals surface area contributed by atoms with Crippen molar-refractivity contribution in [3.63, 3.8) is 0 Å². The average molecular weight is 293 g/mol. The zero-order valence-electron chi connectivity index (χ0n) is 13.2. The number of amides is 1. The van der Waals surface area contributed by atoms with Crippen LogP contribution in [0, 0.1) is 0 Å². The maximum Gasteiger partial charge on any atom is 0.253 e. The van der Waals surface area contributed by atoms with Crippen LogP contribution >= 0.6 is 0 Å². The molecule has 118 valence electrons. The molecule has 0 radical (unpaired) electrons. The van der Waals surface area contributed by atoms with E-state index in [0.717, 1.165) is 31.7 Å². The molecule has 21 heavy (non-hydrogen) atoms. The highest BCUT2D eigenvalue weighted by molar-refractivity contribution is 6.00. The van der Waals surface area contributed by atoms with Gasteiger partial charge in [0.25, 0.3) is 5.91 Å². The predicted octanol–water partition coefficient (Wildman–Crippen LogP) is 2.64. The molecule has 0 aliphatic rings. The first kappa shape index (κ1) is 17.3. The molecule has 0 bridgehead atoms. The Morgan fingerprint density at radius 1 is 1.33 bits per heavy atom. The first-order valence-corrected chi connectivity index (χ1v) is 7.57. The first-order chi connectivity index (χ1) is 10.0. The van der Waals surface area contributed by atoms with E-state index in [4.69, 9.17) is 10.5 Å². The van der Waals surface area contributed by atoms with Crippen LogP contribution in [0.1, 0.15) is 44.0 Å². The highest BCUT2D eigenvalue weighted by Gasteiger charge is 2.10. The molecule has 0 spiro atoms. The van der Waals surface area contributed by atoms with Gasteiger partial charge in [0.1, 0.15) is 0 Å². The van der Waals surface area contributed by atoms with Gasteiger partial charge in [-0.1, -0.05) is 0 Å². The average Bonchev–Trinajstić information content (AvgIpc) is 2.42. The third kappa shape index (κ3) is 6.49. The number of unbranched alkanes of at least 4 members (excludes halogenated alkanes) is 1. The molecule has 1 aromatic rings. The van der Waals surface area contributed by atoms with Gasteiger partial charge in [-0.2, -0.15) is 0 Å². The summed E-state index contributed by atoms with van der Waals surface area (Å²) in [5, 5.41) is 6.09. The topological polar surface area (TPSA) is 76.4 Å². The monoisotopic (exact) mass is 293 g/mol. The number of nitrogens with two attached hydrogens (primary N) is 1. The van der Waals surface area contributed by atoms with E-state index in [0.29, 0.717) is 17.8 Å². The van der Waals surface area contributed by atoms with Crippen molar-refractivity contribution in [1.82, 2.24) is 5.32 Å². The normalized spacial score (nSPS) is 10.7. The Kier molecular flexibility index (Phi) is 7.61. The fraction of sp³-hybridized carbons (Fsp3) is 0.562. The van der Waals surface area contributed by atoms with Crippen LogP contribution in [0.25, 0.3) is 0 Å². The van der Waals surface area contributed by atoms with Crippen LogP contribution in [0.3, 0.4) is 0 Å². The number of rotatable bonds is 9. The van der Waals surface area contributed by atoms with Gasteiger partial charge in [0.15, 0.2) is 0 Å². The van der Waals surface area contributed by atoms with E-state index in [-0.39, 0.29) is 12.0 Å². The molecule has 5 heteroatoms. The van der Waals surface area contributed by atoms with Crippen molar-refractivity contribution < 1.29 is 9.53 Å². The van der Waals surface area contributed by atoms with Gasteiger partial charge in [0.05, 0.1) is 11.7 Å². The van der Waals surface area contributed by atoms with Gasteiger partial charge < -0.3 is 21.1 Å². The maximum absolute atomic E-state index is 12.0. The summed E-state index contributed by atoms with van der Waals surface area (Å²) in [6.07, 6.45) is 2.25. The lowest BCUT2D eigenvalue weighted by atomic mass is 10.1. The number of hydrogen-bond acceptors (Lipinski definition) is 4. The molecular formula is C16H27N3O2. The summed E-state index contributed by atoms with van der Waals surface area (Å²) in [7, 11) is 0. The molecule has 0 unspecified atom stereocenters. The maximum atomic E-state index is 12.0. The SMILES string of the molecule is CCNC(=O)c1ccc(N)cc1NCCCCOC(C)C. The Hall–Kier alpha value is -1.75. The highest BCUT2D eigenvalue weighted by Crippen LogP contribution is 2.19. The number of benzene rings is 1. The summed E-state index contributed by atoms with van der Waals surface area (Å²) >= 11 is 0. The number of carbonyl (C=O) groups is 1. The number of anilines is 2.